The summed E-state index contributed by atoms with van der Waals surface area (Å²) in [5.74, 6) is 0.730. The van der Waals surface area contributed by atoms with E-state index in [4.69, 9.17) is 9.97 Å². The van der Waals surface area contributed by atoms with Gasteiger partial charge in [-0.15, -0.1) is 0 Å². The van der Waals surface area contributed by atoms with Crippen molar-refractivity contribution in [3.05, 3.63) is 144 Å². The summed E-state index contributed by atoms with van der Waals surface area (Å²) in [5, 5.41) is 13.2. The molecule has 0 aliphatic rings. The first-order chi connectivity index (χ1) is 23.0. The number of hydrogen-bond acceptors (Lipinski definition) is 3. The minimum atomic E-state index is -0.960. The molecule has 1 N–H and O–H groups in total. The lowest BCUT2D eigenvalue weighted by Crippen LogP contribution is -2.23. The van der Waals surface area contributed by atoms with Crippen molar-refractivity contribution in [2.24, 2.45) is 5.92 Å². The van der Waals surface area contributed by atoms with Crippen molar-refractivity contribution in [2.45, 2.75) is 60.3 Å². The van der Waals surface area contributed by atoms with Crippen LogP contribution in [0, 0.1) is 19.8 Å². The average molecular weight is 649 g/mol. The number of aromatic nitrogens is 2. The molecule has 4 aromatic carbocycles. The highest BCUT2D eigenvalue weighted by Crippen LogP contribution is 2.38. The Balaban J connectivity index is 1.47. The Bertz CT molecular complexity index is 2040. The Morgan fingerprint density at radius 1 is 0.688 bits per heavy atom. The molecule has 1 unspecified atom stereocenters. The number of hydrogen-bond donors (Lipinski definition) is 1. The van der Waals surface area contributed by atoms with Gasteiger partial charge in [0.25, 0.3) is 0 Å². The van der Waals surface area contributed by atoms with Crippen molar-refractivity contribution >= 4 is 24.0 Å². The third kappa shape index (κ3) is 7.28. The van der Waals surface area contributed by atoms with Gasteiger partial charge < -0.3 is 5.11 Å². The molecule has 4 heteroatoms. The molecule has 0 saturated carbocycles. The largest absolute Gasteiger partial charge is 0.507 e. The minimum Gasteiger partial charge on any atom is -0.507 e. The molecular weight excluding hydrogens is 603 g/mol. The van der Waals surface area contributed by atoms with E-state index in [1.165, 1.54) is 44.0 Å². The van der Waals surface area contributed by atoms with E-state index in [1.54, 1.807) is 6.07 Å². The summed E-state index contributed by atoms with van der Waals surface area (Å²) < 4.78 is 0. The number of aromatic hydroxyl groups is 1. The zero-order valence-electron chi connectivity index (χ0n) is 29.1. The molecule has 0 aliphatic carbocycles. The maximum atomic E-state index is 10.7. The summed E-state index contributed by atoms with van der Waals surface area (Å²) in [4.78, 5) is 10.0. The Morgan fingerprint density at radius 2 is 1.31 bits per heavy atom. The summed E-state index contributed by atoms with van der Waals surface area (Å²) in [6.45, 7) is 15.8. The van der Waals surface area contributed by atoms with Gasteiger partial charge in [-0.2, -0.15) is 0 Å². The maximum Gasteiger partial charge on any atom is 0.124 e. The van der Waals surface area contributed by atoms with Crippen LogP contribution in [0.1, 0.15) is 56.9 Å². The molecule has 0 spiro atoms. The van der Waals surface area contributed by atoms with Crippen LogP contribution in [0.25, 0.3) is 33.6 Å². The molecule has 0 fully saturated rings. The zero-order valence-corrected chi connectivity index (χ0v) is 30.0. The van der Waals surface area contributed by atoms with E-state index in [2.05, 4.69) is 133 Å². The van der Waals surface area contributed by atoms with Gasteiger partial charge in [0, 0.05) is 25.2 Å². The first-order valence-electron chi connectivity index (χ1n) is 16.8. The molecule has 0 saturated heterocycles. The van der Waals surface area contributed by atoms with Crippen molar-refractivity contribution in [2.75, 3.05) is 0 Å². The Morgan fingerprint density at radius 3 is 1.94 bits per heavy atom. The van der Waals surface area contributed by atoms with Gasteiger partial charge in [0.05, 0.1) is 16.8 Å². The van der Waals surface area contributed by atoms with Gasteiger partial charge in [-0.05, 0) is 124 Å². The smallest absolute Gasteiger partial charge is 0.124 e. The van der Waals surface area contributed by atoms with Gasteiger partial charge in [0.15, 0.2) is 0 Å². The molecule has 0 bridgehead atoms. The molecule has 2 heterocycles. The van der Waals surface area contributed by atoms with Crippen LogP contribution in [0.15, 0.2) is 121 Å². The van der Waals surface area contributed by atoms with Crippen LogP contribution < -0.4 is 16.0 Å². The molecule has 6 rings (SSSR count). The minimum absolute atomic E-state index is 0.0968. The normalized spacial score (nSPS) is 12.3. The van der Waals surface area contributed by atoms with Gasteiger partial charge in [0.2, 0.25) is 0 Å². The predicted molar refractivity (Wildman–Crippen MR) is 205 cm³/mol. The van der Waals surface area contributed by atoms with Gasteiger partial charge in [-0.25, -0.2) is 4.98 Å². The second kappa shape index (κ2) is 13.9. The molecule has 3 nitrogen and oxygen atoms in total. The topological polar surface area (TPSA) is 46.0 Å². The maximum absolute atomic E-state index is 10.7. The second-order valence-electron chi connectivity index (χ2n) is 14.2. The Labute approximate surface area is 287 Å². The predicted octanol–water partition coefficient (Wildman–Crippen LogP) is 10.1. The first-order valence-corrected chi connectivity index (χ1v) is 18.1. The third-order valence-corrected chi connectivity index (χ3v) is 11.1. The number of para-hydroxylation sites is 1. The van der Waals surface area contributed by atoms with E-state index in [9.17, 15) is 5.11 Å². The number of benzene rings is 4. The standard InChI is InChI=1S/C44H45N2OP/c1-29(2)22-32-25-39(46-40(26-32)38-18-8-9-19-41(38)47)33-14-12-16-36(27-33)48(42-20-10-11-21-45-42)37-17-13-15-34(28-37)43-30(3)23-35(24-31(43)4)44(5,6)7/h8-21,23-29,47H,22H2,1-7H3. The quantitative estimate of drug-likeness (QED) is 0.167. The third-order valence-electron chi connectivity index (χ3n) is 8.78. The Hall–Kier alpha value is -4.59. The Kier molecular flexibility index (Phi) is 9.63. The molecule has 0 amide bonds. The van der Waals surface area contributed by atoms with Crippen LogP contribution in [-0.2, 0) is 11.8 Å². The van der Waals surface area contributed by atoms with Crippen LogP contribution >= 0.6 is 7.92 Å². The fourth-order valence-corrected chi connectivity index (χ4v) is 8.76. The van der Waals surface area contributed by atoms with E-state index in [1.807, 2.05) is 30.5 Å². The first kappa shape index (κ1) is 33.3. The fraction of sp³-hybridized carbons (Fsp3) is 0.227. The van der Waals surface area contributed by atoms with Crippen molar-refractivity contribution in [1.82, 2.24) is 9.97 Å². The molecule has 0 radical (unpaired) electrons. The molecule has 2 aromatic heterocycles. The second-order valence-corrected chi connectivity index (χ2v) is 16.4. The number of pyridine rings is 2. The fourth-order valence-electron chi connectivity index (χ4n) is 6.51. The highest BCUT2D eigenvalue weighted by atomic mass is 31.1. The number of phenols is 1. The SMILES string of the molecule is Cc1cc(C(C)(C)C)cc(C)c1-c1cccc(P(c2cccc(-c3cc(CC(C)C)cc(-c4ccccc4O)n3)c2)c2ccccn2)c1. The van der Waals surface area contributed by atoms with E-state index >= 15 is 0 Å². The number of phenolic OH excluding ortho intramolecular Hbond substituents is 1. The van der Waals surface area contributed by atoms with Crippen molar-refractivity contribution < 1.29 is 5.11 Å². The van der Waals surface area contributed by atoms with Crippen LogP contribution in [-0.4, -0.2) is 15.1 Å². The molecule has 242 valence electrons. The van der Waals surface area contributed by atoms with Crippen LogP contribution in [0.5, 0.6) is 5.75 Å². The van der Waals surface area contributed by atoms with Crippen LogP contribution in [0.2, 0.25) is 0 Å². The number of nitrogens with zero attached hydrogens (tertiary/aromatic N) is 2. The molecule has 1 atom stereocenters. The summed E-state index contributed by atoms with van der Waals surface area (Å²) in [6, 6.07) is 40.6. The van der Waals surface area contributed by atoms with Gasteiger partial charge in [0.1, 0.15) is 5.75 Å². The monoisotopic (exact) mass is 648 g/mol. The zero-order chi connectivity index (χ0) is 34.0. The van der Waals surface area contributed by atoms with E-state index < -0.39 is 7.92 Å². The van der Waals surface area contributed by atoms with Crippen LogP contribution in [0.4, 0.5) is 0 Å². The van der Waals surface area contributed by atoms with E-state index in [-0.39, 0.29) is 11.2 Å². The molecule has 6 aromatic rings. The van der Waals surface area contributed by atoms with Crippen molar-refractivity contribution in [3.63, 3.8) is 0 Å². The summed E-state index contributed by atoms with van der Waals surface area (Å²) in [7, 11) is -0.960. The van der Waals surface area contributed by atoms with Gasteiger partial charge in [-0.3, -0.25) is 4.98 Å². The summed E-state index contributed by atoms with van der Waals surface area (Å²) in [6.07, 6.45) is 2.83. The summed E-state index contributed by atoms with van der Waals surface area (Å²) in [5.41, 5.74) is 12.4. The van der Waals surface area contributed by atoms with Crippen molar-refractivity contribution in [3.8, 4) is 39.4 Å². The number of rotatable bonds is 8. The van der Waals surface area contributed by atoms with Gasteiger partial charge >= 0.3 is 0 Å². The summed E-state index contributed by atoms with van der Waals surface area (Å²) >= 11 is 0. The average Bonchev–Trinajstić information content (AvgIpc) is 3.05. The van der Waals surface area contributed by atoms with Crippen molar-refractivity contribution in [1.29, 1.82) is 0 Å². The lowest BCUT2D eigenvalue weighted by molar-refractivity contribution is 0.477. The highest BCUT2D eigenvalue weighted by Gasteiger charge is 2.22. The number of aryl methyl sites for hydroxylation is 2. The lowest BCUT2D eigenvalue weighted by Gasteiger charge is -2.23. The molecule has 48 heavy (non-hydrogen) atoms. The highest BCUT2D eigenvalue weighted by molar-refractivity contribution is 7.79. The molecular formula is C44H45N2OP. The van der Waals surface area contributed by atoms with Crippen LogP contribution in [0.3, 0.4) is 0 Å². The van der Waals surface area contributed by atoms with E-state index in [0.717, 1.165) is 34.4 Å². The molecule has 0 aliphatic heterocycles. The lowest BCUT2D eigenvalue weighted by atomic mass is 9.83. The van der Waals surface area contributed by atoms with E-state index in [0.29, 0.717) is 5.92 Å². The van der Waals surface area contributed by atoms with Gasteiger partial charge in [-0.1, -0.05) is 101 Å².